The molecule has 2 aliphatic heterocycles. The third kappa shape index (κ3) is 7.35. The lowest BCUT2D eigenvalue weighted by atomic mass is 9.90. The number of hydrogen-bond acceptors (Lipinski definition) is 8. The summed E-state index contributed by atoms with van der Waals surface area (Å²) in [4.78, 5) is 34.5. The Bertz CT molecular complexity index is 2060. The number of rotatable bonds is 8. The van der Waals surface area contributed by atoms with E-state index in [1.165, 1.54) is 0 Å². The number of amides is 1. The van der Waals surface area contributed by atoms with Crippen LogP contribution in [0.5, 0.6) is 17.2 Å². The van der Waals surface area contributed by atoms with Crippen LogP contribution in [0.3, 0.4) is 0 Å². The quantitative estimate of drug-likeness (QED) is 0.150. The molecule has 1 fully saturated rings. The number of likely N-dealkylation sites (tertiary alicyclic amines) is 1. The molecule has 4 heterocycles. The van der Waals surface area contributed by atoms with E-state index in [1.807, 2.05) is 69.1 Å². The van der Waals surface area contributed by atoms with E-state index in [0.717, 1.165) is 76.4 Å². The lowest BCUT2D eigenvalue weighted by molar-refractivity contribution is -0.129. The zero-order valence-corrected chi connectivity index (χ0v) is 30.7. The molecule has 2 aliphatic rings. The molecular formula is C41H47N5O5. The van der Waals surface area contributed by atoms with Gasteiger partial charge in [0.25, 0.3) is 11.5 Å². The third-order valence-corrected chi connectivity index (χ3v) is 9.99. The molecule has 10 nitrogen and oxygen atoms in total. The van der Waals surface area contributed by atoms with Crippen molar-refractivity contribution in [2.24, 2.45) is 12.5 Å². The van der Waals surface area contributed by atoms with Crippen molar-refractivity contribution >= 4 is 16.7 Å². The molecule has 10 heteroatoms. The van der Waals surface area contributed by atoms with E-state index in [0.29, 0.717) is 24.9 Å². The number of methoxy groups -OCH3 is 2. The number of allylic oxidation sites excluding steroid dienone is 1. The number of benzene rings is 2. The highest BCUT2D eigenvalue weighted by Crippen LogP contribution is 2.39. The second kappa shape index (κ2) is 14.6. The SMILES string of the molecule is COc1cc(-c2cn(C)c(=O)c3cnccc23)cc(OC)c1CN1CCC(Oc2cccc3c2CCN(C(=O)C(C#N)=CC(C)(C)C)C3C)CC1. The van der Waals surface area contributed by atoms with E-state index in [4.69, 9.17) is 14.2 Å². The number of nitrogens with zero attached hydrogens (tertiary/aromatic N) is 5. The molecule has 51 heavy (non-hydrogen) atoms. The zero-order valence-electron chi connectivity index (χ0n) is 30.7. The molecule has 266 valence electrons. The molecule has 1 unspecified atom stereocenters. The van der Waals surface area contributed by atoms with Crippen LogP contribution in [0.15, 0.2) is 71.4 Å². The van der Waals surface area contributed by atoms with Crippen molar-refractivity contribution in [3.63, 3.8) is 0 Å². The maximum Gasteiger partial charge on any atom is 0.264 e. The predicted molar refractivity (Wildman–Crippen MR) is 198 cm³/mol. The maximum atomic E-state index is 13.4. The van der Waals surface area contributed by atoms with Crippen LogP contribution in [0.25, 0.3) is 21.9 Å². The molecule has 0 spiro atoms. The van der Waals surface area contributed by atoms with Crippen LogP contribution in [-0.2, 0) is 24.8 Å². The van der Waals surface area contributed by atoms with Crippen molar-refractivity contribution in [3.8, 4) is 34.4 Å². The minimum Gasteiger partial charge on any atom is -0.496 e. The van der Waals surface area contributed by atoms with E-state index >= 15 is 0 Å². The molecule has 2 aromatic carbocycles. The summed E-state index contributed by atoms with van der Waals surface area (Å²) in [7, 11) is 5.09. The van der Waals surface area contributed by atoms with Gasteiger partial charge in [0, 0.05) is 62.9 Å². The Balaban J connectivity index is 1.15. The number of piperidine rings is 1. The third-order valence-electron chi connectivity index (χ3n) is 9.99. The topological polar surface area (TPSA) is 110 Å². The summed E-state index contributed by atoms with van der Waals surface area (Å²) in [5.74, 6) is 2.13. The molecule has 0 radical (unpaired) electrons. The first-order valence-electron chi connectivity index (χ1n) is 17.6. The second-order valence-corrected chi connectivity index (χ2v) is 14.6. The Labute approximate surface area is 299 Å². The molecule has 1 amide bonds. The van der Waals surface area contributed by atoms with Gasteiger partial charge in [0.15, 0.2) is 0 Å². The number of hydrogen-bond donors (Lipinski definition) is 0. The number of ether oxygens (including phenoxy) is 3. The first-order valence-corrected chi connectivity index (χ1v) is 17.6. The van der Waals surface area contributed by atoms with E-state index in [2.05, 4.69) is 22.0 Å². The van der Waals surface area contributed by atoms with E-state index in [-0.39, 0.29) is 34.6 Å². The molecule has 1 saturated heterocycles. The largest absolute Gasteiger partial charge is 0.496 e. The fourth-order valence-electron chi connectivity index (χ4n) is 7.38. The summed E-state index contributed by atoms with van der Waals surface area (Å²) in [6.07, 6.45) is 9.41. The van der Waals surface area contributed by atoms with Gasteiger partial charge in [-0.1, -0.05) is 39.0 Å². The van der Waals surface area contributed by atoms with Gasteiger partial charge in [0.05, 0.1) is 31.2 Å². The molecule has 0 saturated carbocycles. The van der Waals surface area contributed by atoms with Gasteiger partial charge in [-0.3, -0.25) is 19.5 Å². The van der Waals surface area contributed by atoms with Crippen molar-refractivity contribution in [2.45, 2.75) is 65.6 Å². The Morgan fingerprint density at radius 1 is 1.04 bits per heavy atom. The van der Waals surface area contributed by atoms with Gasteiger partial charge in [0.1, 0.15) is 35.0 Å². The van der Waals surface area contributed by atoms with Crippen molar-refractivity contribution < 1.29 is 19.0 Å². The Morgan fingerprint density at radius 2 is 1.75 bits per heavy atom. The first kappa shape index (κ1) is 35.7. The fourth-order valence-corrected chi connectivity index (χ4v) is 7.38. The van der Waals surface area contributed by atoms with Crippen LogP contribution in [0, 0.1) is 16.7 Å². The van der Waals surface area contributed by atoms with Gasteiger partial charge >= 0.3 is 0 Å². The minimum absolute atomic E-state index is 0.0706. The van der Waals surface area contributed by atoms with Crippen molar-refractivity contribution in [1.82, 2.24) is 19.4 Å². The fraction of sp³-hybridized carbons (Fsp3) is 0.415. The molecular weight excluding hydrogens is 642 g/mol. The smallest absolute Gasteiger partial charge is 0.264 e. The second-order valence-electron chi connectivity index (χ2n) is 14.6. The summed E-state index contributed by atoms with van der Waals surface area (Å²) >= 11 is 0. The Hall–Kier alpha value is -5.14. The van der Waals surface area contributed by atoms with Gasteiger partial charge in [-0.25, -0.2) is 0 Å². The van der Waals surface area contributed by atoms with E-state index in [1.54, 1.807) is 44.3 Å². The number of nitriles is 1. The van der Waals surface area contributed by atoms with E-state index in [9.17, 15) is 14.9 Å². The van der Waals surface area contributed by atoms with Crippen molar-refractivity contribution in [3.05, 3.63) is 93.7 Å². The number of fused-ring (bicyclic) bond motifs is 2. The molecule has 2 aromatic heterocycles. The standard InChI is InChI=1S/C41H47N5O5/c1-26-30-9-8-10-36(32(30)14-18-46(26)39(47)28(22-42)21-41(2,3)4)51-29-12-16-45(17-13-29)25-35-37(49-6)19-27(20-38(35)50-7)34-24-44(5)40(48)33-23-43-15-11-31(33)34/h8-11,15,19-21,23-24,26,29H,12-14,16-18,25H2,1-7H3. The van der Waals surface area contributed by atoms with Gasteiger partial charge in [-0.2, -0.15) is 5.26 Å². The van der Waals surface area contributed by atoms with Crippen molar-refractivity contribution in [2.75, 3.05) is 33.9 Å². The van der Waals surface area contributed by atoms with Crippen LogP contribution < -0.4 is 19.8 Å². The van der Waals surface area contributed by atoms with Gasteiger partial charge < -0.3 is 23.7 Å². The highest BCUT2D eigenvalue weighted by atomic mass is 16.5. The number of carbonyl (C=O) groups excluding carboxylic acids is 1. The van der Waals surface area contributed by atoms with Crippen LogP contribution in [0.4, 0.5) is 0 Å². The Kier molecular flexibility index (Phi) is 10.2. The van der Waals surface area contributed by atoms with Gasteiger partial charge in [-0.15, -0.1) is 0 Å². The minimum atomic E-state index is -0.267. The number of aryl methyl sites for hydroxylation is 1. The highest BCUT2D eigenvalue weighted by Gasteiger charge is 2.32. The highest BCUT2D eigenvalue weighted by molar-refractivity contribution is 5.98. The zero-order chi connectivity index (χ0) is 36.4. The maximum absolute atomic E-state index is 13.4. The normalized spacial score (nSPS) is 17.2. The average Bonchev–Trinajstić information content (AvgIpc) is 3.12. The predicted octanol–water partition coefficient (Wildman–Crippen LogP) is 6.60. The summed E-state index contributed by atoms with van der Waals surface area (Å²) in [6.45, 7) is 10.9. The summed E-state index contributed by atoms with van der Waals surface area (Å²) in [6, 6.07) is 14.0. The molecule has 0 bridgehead atoms. The van der Waals surface area contributed by atoms with E-state index < -0.39 is 0 Å². The monoisotopic (exact) mass is 689 g/mol. The van der Waals surface area contributed by atoms with Crippen LogP contribution in [-0.4, -0.2) is 65.2 Å². The van der Waals surface area contributed by atoms with Crippen LogP contribution in [0.2, 0.25) is 0 Å². The molecule has 1 atom stereocenters. The van der Waals surface area contributed by atoms with Gasteiger partial charge in [0.2, 0.25) is 0 Å². The molecule has 0 N–H and O–H groups in total. The average molecular weight is 690 g/mol. The summed E-state index contributed by atoms with van der Waals surface area (Å²) in [5.41, 5.74) is 4.82. The van der Waals surface area contributed by atoms with Crippen molar-refractivity contribution in [1.29, 1.82) is 5.26 Å². The number of pyridine rings is 2. The number of carbonyl (C=O) groups is 1. The summed E-state index contributed by atoms with van der Waals surface area (Å²) in [5, 5.41) is 11.1. The molecule has 0 aliphatic carbocycles. The first-order chi connectivity index (χ1) is 24.4. The molecule has 4 aromatic rings. The lowest BCUT2D eigenvalue weighted by Crippen LogP contribution is -2.40. The summed E-state index contributed by atoms with van der Waals surface area (Å²) < 4.78 is 20.1. The lowest BCUT2D eigenvalue weighted by Gasteiger charge is -2.37. The van der Waals surface area contributed by atoms with Gasteiger partial charge in [-0.05, 0) is 72.4 Å². The number of aromatic nitrogens is 2. The molecule has 6 rings (SSSR count). The van der Waals surface area contributed by atoms with Crippen LogP contribution in [0.1, 0.15) is 63.3 Å². The Morgan fingerprint density at radius 3 is 2.39 bits per heavy atom. The van der Waals surface area contributed by atoms with Crippen LogP contribution >= 0.6 is 0 Å².